The van der Waals surface area contributed by atoms with Gasteiger partial charge in [-0.1, -0.05) is 170 Å². The first-order valence-corrected chi connectivity index (χ1v) is 23.2. The molecule has 2 aliphatic heterocycles. The van der Waals surface area contributed by atoms with Crippen molar-refractivity contribution in [2.45, 2.75) is 16.2 Å². The highest BCUT2D eigenvalue weighted by Crippen LogP contribution is 2.67. The molecule has 0 bridgehead atoms. The van der Waals surface area contributed by atoms with E-state index in [2.05, 4.69) is 150 Å². The van der Waals surface area contributed by atoms with Gasteiger partial charge in [-0.15, -0.1) is 0 Å². The van der Waals surface area contributed by atoms with E-state index in [0.29, 0.717) is 22.2 Å². The Bertz CT molecular complexity index is 3830. The number of anilines is 2. The van der Waals surface area contributed by atoms with Gasteiger partial charge in [0.15, 0.2) is 0 Å². The predicted molar refractivity (Wildman–Crippen MR) is 256 cm³/mol. The Morgan fingerprint density at radius 3 is 2.02 bits per heavy atom. The predicted octanol–water partition coefficient (Wildman–Crippen LogP) is 12.8. The average molecular weight is 841 g/mol. The molecule has 0 N–H and O–H groups in total. The van der Waals surface area contributed by atoms with E-state index in [1.54, 1.807) is 6.07 Å². The van der Waals surface area contributed by atoms with Crippen molar-refractivity contribution < 1.29 is 8.42 Å². The van der Waals surface area contributed by atoms with Crippen LogP contribution in [-0.4, -0.2) is 23.0 Å². The van der Waals surface area contributed by atoms with Gasteiger partial charge in [-0.3, -0.25) is 4.90 Å². The van der Waals surface area contributed by atoms with Crippen molar-refractivity contribution in [3.8, 4) is 28.1 Å². The van der Waals surface area contributed by atoms with E-state index < -0.39 is 21.2 Å². The number of sulfone groups is 1. The lowest BCUT2D eigenvalue weighted by atomic mass is 9.61. The van der Waals surface area contributed by atoms with Crippen LogP contribution in [-0.2, 0) is 15.3 Å². The fraction of sp³-hybridized carbons (Fsp3) is 0.0526. The van der Waals surface area contributed by atoms with Gasteiger partial charge in [0.25, 0.3) is 0 Å². The summed E-state index contributed by atoms with van der Waals surface area (Å²) in [5.41, 5.74) is 13.1. The Balaban J connectivity index is 1.02. The molecule has 0 saturated heterocycles. The van der Waals surface area contributed by atoms with Crippen molar-refractivity contribution in [2.24, 2.45) is 5.92 Å². The van der Waals surface area contributed by atoms with Crippen LogP contribution in [0.5, 0.6) is 0 Å². The van der Waals surface area contributed by atoms with Gasteiger partial charge in [0, 0.05) is 33.6 Å². The second-order valence-corrected chi connectivity index (χ2v) is 19.1. The van der Waals surface area contributed by atoms with Gasteiger partial charge in [-0.2, -0.15) is 0 Å². The van der Waals surface area contributed by atoms with E-state index in [0.717, 1.165) is 61.2 Å². The highest BCUT2D eigenvalue weighted by atomic mass is 32.2. The van der Waals surface area contributed by atoms with Crippen molar-refractivity contribution in [3.63, 3.8) is 0 Å². The third-order valence-corrected chi connectivity index (χ3v) is 16.2. The molecule has 3 atom stereocenters. The molecule has 1 spiro atoms. The summed E-state index contributed by atoms with van der Waals surface area (Å²) >= 11 is 0. The number of aromatic nitrogens is 3. The summed E-state index contributed by atoms with van der Waals surface area (Å²) in [5, 5.41) is 3.30. The maximum absolute atomic E-state index is 15.7. The smallest absolute Gasteiger partial charge is 0.235 e. The first kappa shape index (κ1) is 35.7. The second-order valence-electron chi connectivity index (χ2n) is 17.2. The quantitative estimate of drug-likeness (QED) is 0.177. The monoisotopic (exact) mass is 840 g/mol. The van der Waals surface area contributed by atoms with Gasteiger partial charge in [0.2, 0.25) is 15.8 Å². The lowest BCUT2D eigenvalue weighted by Gasteiger charge is -2.45. The van der Waals surface area contributed by atoms with Gasteiger partial charge >= 0.3 is 0 Å². The summed E-state index contributed by atoms with van der Waals surface area (Å²) in [6, 6.07) is 66.8. The molecule has 0 saturated carbocycles. The van der Waals surface area contributed by atoms with Crippen molar-refractivity contribution in [1.29, 1.82) is 0 Å². The van der Waals surface area contributed by atoms with Gasteiger partial charge in [-0.05, 0) is 69.8 Å². The van der Waals surface area contributed by atoms with E-state index in [9.17, 15) is 0 Å². The molecule has 4 heterocycles. The summed E-state index contributed by atoms with van der Waals surface area (Å²) in [6.07, 6.45) is 4.34. The Kier molecular flexibility index (Phi) is 7.17. The molecule has 64 heavy (non-hydrogen) atoms. The molecule has 0 amide bonds. The number of fused-ring (bicyclic) bond motifs is 15. The van der Waals surface area contributed by atoms with Crippen LogP contribution >= 0.6 is 0 Å². The average Bonchev–Trinajstić information content (AvgIpc) is 3.85. The molecule has 0 fully saturated rings. The van der Waals surface area contributed by atoms with Gasteiger partial charge < -0.3 is 4.57 Å². The summed E-state index contributed by atoms with van der Waals surface area (Å²) < 4.78 is 33.8. The third-order valence-electron chi connectivity index (χ3n) is 14.2. The number of allylic oxidation sites excluding steroid dienone is 3. The van der Waals surface area contributed by atoms with Crippen LogP contribution in [0.3, 0.4) is 0 Å². The molecule has 10 aromatic rings. The summed E-state index contributed by atoms with van der Waals surface area (Å²) in [6.45, 7) is 0. The fourth-order valence-corrected chi connectivity index (χ4v) is 13.8. The number of rotatable bonds is 3. The number of para-hydroxylation sites is 5. The van der Waals surface area contributed by atoms with Crippen molar-refractivity contribution in [3.05, 3.63) is 239 Å². The summed E-state index contributed by atoms with van der Waals surface area (Å²) in [7, 11) is -4.06. The van der Waals surface area contributed by atoms with Crippen molar-refractivity contribution >= 4 is 54.2 Å². The normalized spacial score (nSPS) is 19.7. The minimum atomic E-state index is -4.06. The standard InChI is InChI=1S/C57H36N4O2S/c62-64(63)51-28-13-12-27-49(51)61(56-58-46-24-9-5-19-41(46)53(59-56)37-31-29-36(30-32-37)35-15-2-1-3-16-35)50-34-33-44-52(55(50)64)40-18-4-7-21-42(40)57(44)43-22-8-11-26-48(43)60-47-25-10-6-17-38(47)39-20-14-23-45(57)54(39)60/h1-34,44,52H. The zero-order valence-corrected chi connectivity index (χ0v) is 35.1. The zero-order valence-electron chi connectivity index (χ0n) is 34.3. The SMILES string of the molecule is O=S1(=O)C2=C(C=CC3C2c2ccccc2C32c3ccccc3-n3c4ccccc4c4cccc2c43)N(c2nc(-c3ccc(-c4ccccc4)cc3)c3ccccc3n2)c2ccccc21. The number of hydrogen-bond acceptors (Lipinski definition) is 5. The Morgan fingerprint density at radius 1 is 0.516 bits per heavy atom. The van der Waals surface area contributed by atoms with Gasteiger partial charge in [-0.25, -0.2) is 18.4 Å². The molecule has 2 aromatic heterocycles. The Labute approximate surface area is 369 Å². The summed E-state index contributed by atoms with van der Waals surface area (Å²) in [4.78, 5) is 13.3. The van der Waals surface area contributed by atoms with E-state index >= 15 is 8.42 Å². The summed E-state index contributed by atoms with van der Waals surface area (Å²) in [5.74, 6) is -0.376. The molecule has 0 radical (unpaired) electrons. The molecule has 14 rings (SSSR count). The van der Waals surface area contributed by atoms with E-state index in [1.807, 2.05) is 59.5 Å². The minimum absolute atomic E-state index is 0.248. The Morgan fingerprint density at radius 2 is 1.16 bits per heavy atom. The first-order chi connectivity index (χ1) is 31.5. The molecule has 6 nitrogen and oxygen atoms in total. The van der Waals surface area contributed by atoms with E-state index in [-0.39, 0.29) is 10.8 Å². The lowest BCUT2D eigenvalue weighted by molar-refractivity contribution is 0.445. The van der Waals surface area contributed by atoms with Gasteiger partial charge in [0.1, 0.15) is 0 Å². The number of hydrogen-bond donors (Lipinski definition) is 0. The van der Waals surface area contributed by atoms with Crippen LogP contribution in [0.15, 0.2) is 222 Å². The largest absolute Gasteiger partial charge is 0.309 e. The molecule has 4 aliphatic rings. The molecule has 7 heteroatoms. The molecule has 302 valence electrons. The molecule has 2 aliphatic carbocycles. The van der Waals surface area contributed by atoms with Crippen molar-refractivity contribution in [2.75, 3.05) is 4.90 Å². The fourth-order valence-electron chi connectivity index (χ4n) is 11.8. The molecule has 3 unspecified atom stereocenters. The zero-order chi connectivity index (χ0) is 42.3. The minimum Gasteiger partial charge on any atom is -0.309 e. The lowest BCUT2D eigenvalue weighted by Crippen LogP contribution is -2.41. The topological polar surface area (TPSA) is 68.1 Å². The highest BCUT2D eigenvalue weighted by molar-refractivity contribution is 7.95. The number of nitrogens with zero attached hydrogens (tertiary/aromatic N) is 4. The van der Waals surface area contributed by atoms with E-state index in [4.69, 9.17) is 9.97 Å². The van der Waals surface area contributed by atoms with Crippen LogP contribution in [0.25, 0.3) is 60.8 Å². The van der Waals surface area contributed by atoms with Crippen LogP contribution < -0.4 is 4.90 Å². The van der Waals surface area contributed by atoms with Crippen LogP contribution in [0.1, 0.15) is 28.2 Å². The highest BCUT2D eigenvalue weighted by Gasteiger charge is 2.60. The number of benzene rings is 8. The molecule has 8 aromatic carbocycles. The van der Waals surface area contributed by atoms with Crippen molar-refractivity contribution in [1.82, 2.24) is 14.5 Å². The maximum Gasteiger partial charge on any atom is 0.235 e. The van der Waals surface area contributed by atoms with Crippen LogP contribution in [0.2, 0.25) is 0 Å². The first-order valence-electron chi connectivity index (χ1n) is 21.7. The van der Waals surface area contributed by atoms with Crippen LogP contribution in [0.4, 0.5) is 11.6 Å². The van der Waals surface area contributed by atoms with E-state index in [1.165, 1.54) is 21.9 Å². The molecular weight excluding hydrogens is 805 g/mol. The molecular formula is C57H36N4O2S. The Hall–Kier alpha value is -7.87. The third kappa shape index (κ3) is 4.51. The maximum atomic E-state index is 15.7. The van der Waals surface area contributed by atoms with Crippen LogP contribution in [0, 0.1) is 5.92 Å². The second kappa shape index (κ2) is 12.8. The van der Waals surface area contributed by atoms with Gasteiger partial charge in [0.05, 0.1) is 54.5 Å².